The summed E-state index contributed by atoms with van der Waals surface area (Å²) >= 11 is 13.9. The molecule has 30 heavy (non-hydrogen) atoms. The highest BCUT2D eigenvalue weighted by atomic mass is 35.5. The lowest BCUT2D eigenvalue weighted by molar-refractivity contribution is -0.117. The summed E-state index contributed by atoms with van der Waals surface area (Å²) in [7, 11) is -3.23. The molecule has 3 rings (SSSR count). The second kappa shape index (κ2) is 8.57. The highest BCUT2D eigenvalue weighted by molar-refractivity contribution is 8.16. The number of amidine groups is 1. The van der Waals surface area contributed by atoms with Crippen LogP contribution in [0.1, 0.15) is 20.8 Å². The summed E-state index contributed by atoms with van der Waals surface area (Å²) in [6.45, 7) is 4.77. The molecular formula is C18H21Cl2N3O5S2. The number of rotatable bonds is 3. The van der Waals surface area contributed by atoms with Crippen molar-refractivity contribution in [2.24, 2.45) is 4.99 Å². The number of amides is 2. The van der Waals surface area contributed by atoms with Crippen molar-refractivity contribution in [3.63, 3.8) is 0 Å². The average molecular weight is 494 g/mol. The second-order valence-electron chi connectivity index (χ2n) is 7.88. The van der Waals surface area contributed by atoms with Crippen LogP contribution < -0.4 is 10.2 Å². The molecule has 0 aromatic heterocycles. The summed E-state index contributed by atoms with van der Waals surface area (Å²) in [5.41, 5.74) is -0.287. The Kier molecular flexibility index (Phi) is 6.62. The number of aliphatic imine (C=N–C) groups is 1. The zero-order valence-electron chi connectivity index (χ0n) is 16.5. The molecule has 2 fully saturated rings. The number of benzene rings is 1. The van der Waals surface area contributed by atoms with Crippen LogP contribution in [0.2, 0.25) is 10.0 Å². The zero-order valence-corrected chi connectivity index (χ0v) is 19.7. The molecule has 2 atom stereocenters. The fraction of sp³-hybridized carbons (Fsp3) is 0.500. The number of sulfone groups is 1. The maximum atomic E-state index is 12.4. The molecule has 1 aromatic carbocycles. The van der Waals surface area contributed by atoms with E-state index in [2.05, 4.69) is 10.3 Å². The van der Waals surface area contributed by atoms with Crippen LogP contribution in [0, 0.1) is 0 Å². The molecule has 0 bridgehead atoms. The van der Waals surface area contributed by atoms with Crippen LogP contribution >= 0.6 is 35.0 Å². The number of nitrogens with one attached hydrogen (secondary N) is 1. The maximum Gasteiger partial charge on any atom is 0.408 e. The predicted molar refractivity (Wildman–Crippen MR) is 119 cm³/mol. The molecule has 0 spiro atoms. The van der Waals surface area contributed by atoms with Gasteiger partial charge in [-0.05, 0) is 32.9 Å². The molecule has 2 saturated heterocycles. The zero-order chi connectivity index (χ0) is 22.3. The molecule has 0 unspecified atom stereocenters. The van der Waals surface area contributed by atoms with Crippen molar-refractivity contribution in [3.05, 3.63) is 28.2 Å². The Morgan fingerprint density at radius 1 is 1.27 bits per heavy atom. The van der Waals surface area contributed by atoms with Gasteiger partial charge in [-0.25, -0.2) is 13.2 Å². The highest BCUT2D eigenvalue weighted by Gasteiger charge is 2.50. The standard InChI is InChI=1S/C18H21Cl2N3O5S2/c1-18(2,3)28-17(25)21-7-14(24)22-16-23(15-10(19)5-4-6-11(15)20)12-8-30(26,27)9-13(12)29-16/h4-6,12-13H,7-9H2,1-3H3,(H,21,25)/t12-,13-/m0/s1. The topological polar surface area (TPSA) is 105 Å². The quantitative estimate of drug-likeness (QED) is 0.689. The third-order valence-corrected chi connectivity index (χ3v) is 8.07. The molecule has 1 N–H and O–H groups in total. The third-order valence-electron chi connectivity index (χ3n) is 4.25. The first kappa shape index (κ1) is 23.2. The van der Waals surface area contributed by atoms with Crippen LogP contribution in [-0.4, -0.2) is 60.5 Å². The van der Waals surface area contributed by atoms with Crippen molar-refractivity contribution in [1.29, 1.82) is 0 Å². The number of ether oxygens (including phenoxy) is 1. The molecule has 2 aliphatic heterocycles. The largest absolute Gasteiger partial charge is 0.444 e. The number of anilines is 1. The first-order valence-corrected chi connectivity index (χ1v) is 12.5. The molecule has 2 amide bonds. The van der Waals surface area contributed by atoms with Gasteiger partial charge in [0.25, 0.3) is 5.91 Å². The van der Waals surface area contributed by atoms with Crippen LogP contribution in [-0.2, 0) is 19.4 Å². The van der Waals surface area contributed by atoms with Crippen LogP contribution in [0.25, 0.3) is 0 Å². The monoisotopic (exact) mass is 493 g/mol. The van der Waals surface area contributed by atoms with Crippen LogP contribution in [0.15, 0.2) is 23.2 Å². The van der Waals surface area contributed by atoms with Crippen molar-refractivity contribution in [1.82, 2.24) is 5.32 Å². The first-order valence-electron chi connectivity index (χ1n) is 9.05. The number of carbonyl (C=O) groups is 2. The Hall–Kier alpha value is -1.49. The van der Waals surface area contributed by atoms with E-state index in [0.717, 1.165) is 0 Å². The predicted octanol–water partition coefficient (Wildman–Crippen LogP) is 3.12. The lowest BCUT2D eigenvalue weighted by atomic mass is 10.2. The van der Waals surface area contributed by atoms with Gasteiger partial charge in [0.2, 0.25) is 0 Å². The van der Waals surface area contributed by atoms with Gasteiger partial charge in [-0.2, -0.15) is 4.99 Å². The summed E-state index contributed by atoms with van der Waals surface area (Å²) in [6.07, 6.45) is -0.732. The van der Waals surface area contributed by atoms with Crippen molar-refractivity contribution >= 4 is 67.7 Å². The molecular weight excluding hydrogens is 473 g/mol. The van der Waals surface area contributed by atoms with E-state index in [0.29, 0.717) is 20.9 Å². The fourth-order valence-electron chi connectivity index (χ4n) is 3.15. The molecule has 0 saturated carbocycles. The average Bonchev–Trinajstić information content (AvgIpc) is 3.03. The van der Waals surface area contributed by atoms with E-state index in [-0.39, 0.29) is 23.3 Å². The van der Waals surface area contributed by atoms with Gasteiger partial charge in [0.05, 0.1) is 33.3 Å². The summed E-state index contributed by atoms with van der Waals surface area (Å²) in [5, 5.41) is 3.00. The first-order chi connectivity index (χ1) is 13.9. The van der Waals surface area contributed by atoms with E-state index >= 15 is 0 Å². The summed E-state index contributed by atoms with van der Waals surface area (Å²) in [5.74, 6) is -0.723. The van der Waals surface area contributed by atoms with Gasteiger partial charge in [0, 0.05) is 5.25 Å². The van der Waals surface area contributed by atoms with E-state index in [9.17, 15) is 18.0 Å². The summed E-state index contributed by atoms with van der Waals surface area (Å²) in [4.78, 5) is 29.9. The number of nitrogens with zero attached hydrogens (tertiary/aromatic N) is 2. The van der Waals surface area contributed by atoms with E-state index in [1.54, 1.807) is 43.9 Å². The number of fused-ring (bicyclic) bond motifs is 1. The number of para-hydroxylation sites is 1. The van der Waals surface area contributed by atoms with Gasteiger partial charge in [0.15, 0.2) is 15.0 Å². The minimum Gasteiger partial charge on any atom is -0.444 e. The van der Waals surface area contributed by atoms with Gasteiger partial charge >= 0.3 is 6.09 Å². The van der Waals surface area contributed by atoms with E-state index in [1.807, 2.05) is 0 Å². The van der Waals surface area contributed by atoms with E-state index in [1.165, 1.54) is 11.8 Å². The molecule has 2 aliphatic rings. The minimum absolute atomic E-state index is 0.0235. The normalized spacial score (nSPS) is 24.0. The molecule has 0 radical (unpaired) electrons. The number of carbonyl (C=O) groups excluding carboxylic acids is 2. The fourth-order valence-corrected chi connectivity index (χ4v) is 7.65. The molecule has 0 aliphatic carbocycles. The highest BCUT2D eigenvalue weighted by Crippen LogP contribution is 2.45. The van der Waals surface area contributed by atoms with Crippen molar-refractivity contribution in [3.8, 4) is 0 Å². The minimum atomic E-state index is -3.23. The van der Waals surface area contributed by atoms with Crippen LogP contribution in [0.3, 0.4) is 0 Å². The maximum absolute atomic E-state index is 12.4. The number of hydrogen-bond acceptors (Lipinski definition) is 6. The Morgan fingerprint density at radius 2 is 1.90 bits per heavy atom. The Bertz CT molecular complexity index is 987. The van der Waals surface area contributed by atoms with Gasteiger partial charge in [-0.3, -0.25) is 4.79 Å². The smallest absolute Gasteiger partial charge is 0.408 e. The third kappa shape index (κ3) is 5.40. The van der Waals surface area contributed by atoms with Gasteiger partial charge in [-0.15, -0.1) is 0 Å². The van der Waals surface area contributed by atoms with Crippen molar-refractivity contribution in [2.45, 2.75) is 37.7 Å². The van der Waals surface area contributed by atoms with Gasteiger partial charge in [-0.1, -0.05) is 41.0 Å². The Labute approximate surface area is 189 Å². The molecule has 164 valence electrons. The number of alkyl carbamates (subject to hydrolysis) is 1. The molecule has 1 aromatic rings. The molecule has 2 heterocycles. The lowest BCUT2D eigenvalue weighted by Crippen LogP contribution is -2.39. The SMILES string of the molecule is CC(C)(C)OC(=O)NCC(=O)N=C1S[C@H]2CS(=O)(=O)C[C@@H]2N1c1c(Cl)cccc1Cl. The van der Waals surface area contributed by atoms with Crippen molar-refractivity contribution in [2.75, 3.05) is 23.0 Å². The van der Waals surface area contributed by atoms with Crippen molar-refractivity contribution < 1.29 is 22.7 Å². The van der Waals surface area contributed by atoms with E-state index < -0.39 is 33.5 Å². The van der Waals surface area contributed by atoms with Crippen LogP contribution in [0.4, 0.5) is 10.5 Å². The number of thioether (sulfide) groups is 1. The summed E-state index contributed by atoms with van der Waals surface area (Å²) in [6, 6.07) is 4.50. The second-order valence-corrected chi connectivity index (χ2v) is 12.1. The van der Waals surface area contributed by atoms with Crippen LogP contribution in [0.5, 0.6) is 0 Å². The molecule has 8 nitrogen and oxygen atoms in total. The number of hydrogen-bond donors (Lipinski definition) is 1. The van der Waals surface area contributed by atoms with Gasteiger partial charge < -0.3 is 15.0 Å². The number of halogens is 2. The van der Waals surface area contributed by atoms with E-state index in [4.69, 9.17) is 27.9 Å². The Morgan fingerprint density at radius 3 is 2.50 bits per heavy atom. The molecule has 12 heteroatoms. The lowest BCUT2D eigenvalue weighted by Gasteiger charge is -2.26. The Balaban J connectivity index is 1.84. The summed E-state index contributed by atoms with van der Waals surface area (Å²) < 4.78 is 29.4. The van der Waals surface area contributed by atoms with Gasteiger partial charge in [0.1, 0.15) is 12.1 Å².